The van der Waals surface area contributed by atoms with Crippen LogP contribution in [0.2, 0.25) is 5.02 Å². The molecule has 0 bridgehead atoms. The van der Waals surface area contributed by atoms with E-state index in [-0.39, 0.29) is 12.4 Å². The second-order valence-corrected chi connectivity index (χ2v) is 7.76. The van der Waals surface area contributed by atoms with Crippen LogP contribution >= 0.6 is 19.9 Å². The summed E-state index contributed by atoms with van der Waals surface area (Å²) in [6, 6.07) is 8.50. The van der Waals surface area contributed by atoms with Gasteiger partial charge in [-0.25, -0.2) is 4.39 Å². The number of nitrogens with zero attached hydrogens (tertiary/aromatic N) is 1. The number of aryl methyl sites for hydroxylation is 1. The van der Waals surface area contributed by atoms with Crippen molar-refractivity contribution in [2.45, 2.75) is 38.6 Å². The Labute approximate surface area is 176 Å². The number of benzene rings is 1. The molecular weight excluding hydrogens is 416 g/mol. The van der Waals surface area contributed by atoms with Gasteiger partial charge in [0.15, 0.2) is 0 Å². The Morgan fingerprint density at radius 3 is 2.66 bits per heavy atom. The zero-order valence-electron chi connectivity index (χ0n) is 16.2. The highest BCUT2D eigenvalue weighted by atomic mass is 35.5. The summed E-state index contributed by atoms with van der Waals surface area (Å²) in [6.07, 6.45) is 6.47. The van der Waals surface area contributed by atoms with Crippen LogP contribution in [0, 0.1) is 5.82 Å². The Morgan fingerprint density at radius 2 is 1.93 bits per heavy atom. The Balaban J connectivity index is 1.58. The van der Waals surface area contributed by atoms with Gasteiger partial charge >= 0.3 is 8.25 Å². The minimum atomic E-state index is -2.52. The fraction of sp³-hybridized carbons (Fsp3) is 0.450. The van der Waals surface area contributed by atoms with Crippen molar-refractivity contribution < 1.29 is 18.4 Å². The minimum Gasteiger partial charge on any atom is -0.383 e. The molecule has 2 aromatic rings. The second kappa shape index (κ2) is 13.6. The van der Waals surface area contributed by atoms with Gasteiger partial charge in [-0.2, -0.15) is 0 Å². The number of pyridine rings is 1. The van der Waals surface area contributed by atoms with Gasteiger partial charge in [0.2, 0.25) is 0 Å². The summed E-state index contributed by atoms with van der Waals surface area (Å²) in [5.74, 6) is -0.197. The van der Waals surface area contributed by atoms with Crippen molar-refractivity contribution >= 4 is 25.5 Å². The van der Waals surface area contributed by atoms with Crippen LogP contribution in [0.4, 0.5) is 10.1 Å². The lowest BCUT2D eigenvalue weighted by Gasteiger charge is -2.10. The van der Waals surface area contributed by atoms with E-state index in [2.05, 4.69) is 20.1 Å². The van der Waals surface area contributed by atoms with Crippen LogP contribution in [-0.2, 0) is 22.1 Å². The molecular formula is C20H27ClFN3O3P+. The van der Waals surface area contributed by atoms with E-state index in [1.54, 1.807) is 6.20 Å². The summed E-state index contributed by atoms with van der Waals surface area (Å²) in [5.41, 5.74) is 2.80. The molecule has 0 aliphatic heterocycles. The molecule has 0 fully saturated rings. The highest BCUT2D eigenvalue weighted by Crippen LogP contribution is 2.21. The van der Waals surface area contributed by atoms with Crippen molar-refractivity contribution in [2.24, 2.45) is 0 Å². The van der Waals surface area contributed by atoms with Crippen molar-refractivity contribution in [3.63, 3.8) is 0 Å². The molecule has 1 heterocycles. The summed E-state index contributed by atoms with van der Waals surface area (Å²) in [5, 5.41) is 7.12. The van der Waals surface area contributed by atoms with Crippen molar-refractivity contribution in [2.75, 3.05) is 25.0 Å². The quantitative estimate of drug-likeness (QED) is 0.287. The SMILES string of the molecule is O=[P+](O)OCCCNCc1cc(Cl)c(NCCCCCc2ccc(F)cc2)cn1. The van der Waals surface area contributed by atoms with Gasteiger partial charge in [0.05, 0.1) is 22.6 Å². The van der Waals surface area contributed by atoms with Gasteiger partial charge in [0.1, 0.15) is 12.4 Å². The topological polar surface area (TPSA) is 83.5 Å². The molecule has 0 amide bonds. The lowest BCUT2D eigenvalue weighted by molar-refractivity contribution is 0.276. The molecule has 6 nitrogen and oxygen atoms in total. The molecule has 0 saturated carbocycles. The number of hydrogen-bond donors (Lipinski definition) is 3. The van der Waals surface area contributed by atoms with Gasteiger partial charge in [-0.05, 0) is 56.0 Å². The average molecular weight is 443 g/mol. The molecule has 3 N–H and O–H groups in total. The van der Waals surface area contributed by atoms with Crippen LogP contribution in [0.1, 0.15) is 36.9 Å². The maximum absolute atomic E-state index is 12.9. The molecule has 1 unspecified atom stereocenters. The molecule has 1 aromatic carbocycles. The number of rotatable bonds is 14. The molecule has 0 aliphatic rings. The Bertz CT molecular complexity index is 765. The van der Waals surface area contributed by atoms with Gasteiger partial charge in [-0.1, -0.05) is 30.2 Å². The maximum atomic E-state index is 12.9. The normalized spacial score (nSPS) is 11.5. The van der Waals surface area contributed by atoms with Crippen molar-refractivity contribution in [3.8, 4) is 0 Å². The van der Waals surface area contributed by atoms with Crippen LogP contribution < -0.4 is 10.6 Å². The zero-order chi connectivity index (χ0) is 20.9. The first kappa shape index (κ1) is 23.6. The van der Waals surface area contributed by atoms with Gasteiger partial charge < -0.3 is 10.6 Å². The molecule has 0 saturated heterocycles. The highest BCUT2D eigenvalue weighted by Gasteiger charge is 2.10. The smallest absolute Gasteiger partial charge is 0.383 e. The third-order valence-electron chi connectivity index (χ3n) is 4.29. The summed E-state index contributed by atoms with van der Waals surface area (Å²) in [6.45, 7) is 2.27. The molecule has 9 heteroatoms. The number of unbranched alkanes of at least 4 members (excludes halogenated alkanes) is 2. The largest absolute Gasteiger partial charge is 0.694 e. The van der Waals surface area contributed by atoms with Crippen molar-refractivity contribution in [3.05, 3.63) is 58.6 Å². The molecule has 29 heavy (non-hydrogen) atoms. The third-order valence-corrected chi connectivity index (χ3v) is 5.00. The molecule has 158 valence electrons. The molecule has 1 atom stereocenters. The zero-order valence-corrected chi connectivity index (χ0v) is 17.9. The summed E-state index contributed by atoms with van der Waals surface area (Å²) in [7, 11) is -2.52. The lowest BCUT2D eigenvalue weighted by Crippen LogP contribution is -2.17. The first-order valence-corrected chi connectivity index (χ1v) is 11.2. The average Bonchev–Trinajstić information content (AvgIpc) is 2.69. The van der Waals surface area contributed by atoms with E-state index in [1.165, 1.54) is 12.1 Å². The summed E-state index contributed by atoms with van der Waals surface area (Å²) >= 11 is 6.32. The van der Waals surface area contributed by atoms with E-state index >= 15 is 0 Å². The predicted octanol–water partition coefficient (Wildman–Crippen LogP) is 4.85. The summed E-state index contributed by atoms with van der Waals surface area (Å²) < 4.78 is 27.8. The minimum absolute atomic E-state index is 0.197. The third kappa shape index (κ3) is 10.1. The number of halogens is 2. The van der Waals surface area contributed by atoms with Gasteiger partial charge in [0, 0.05) is 17.7 Å². The number of aromatic nitrogens is 1. The summed E-state index contributed by atoms with van der Waals surface area (Å²) in [4.78, 5) is 12.9. The van der Waals surface area contributed by atoms with E-state index in [1.807, 2.05) is 18.2 Å². The van der Waals surface area contributed by atoms with E-state index in [9.17, 15) is 8.96 Å². The first-order valence-electron chi connectivity index (χ1n) is 9.67. The van der Waals surface area contributed by atoms with Crippen molar-refractivity contribution in [1.29, 1.82) is 0 Å². The van der Waals surface area contributed by atoms with Gasteiger partial charge in [0.25, 0.3) is 0 Å². The number of hydrogen-bond acceptors (Lipinski definition) is 5. The monoisotopic (exact) mass is 442 g/mol. The molecule has 1 aromatic heterocycles. The van der Waals surface area contributed by atoms with Crippen LogP contribution in [-0.4, -0.2) is 29.6 Å². The van der Waals surface area contributed by atoms with E-state index in [0.29, 0.717) is 24.5 Å². The fourth-order valence-corrected chi connectivity index (χ4v) is 3.29. The van der Waals surface area contributed by atoms with Crippen LogP contribution in [0.5, 0.6) is 0 Å². The molecule has 0 spiro atoms. The standard InChI is InChI=1S/C20H26ClFN3O3P/c21-19-13-18(14-23-10-4-12-28-29(26)27)25-15-20(19)24-11-3-1-2-5-16-6-8-17(22)9-7-16/h6-9,13,15,23-24H,1-5,10-12,14H2/p+1. The number of anilines is 1. The van der Waals surface area contributed by atoms with E-state index in [4.69, 9.17) is 16.5 Å². The van der Waals surface area contributed by atoms with Crippen molar-refractivity contribution in [1.82, 2.24) is 10.3 Å². The van der Waals surface area contributed by atoms with Gasteiger partial charge in [-0.3, -0.25) is 4.98 Å². The van der Waals surface area contributed by atoms with Crippen LogP contribution in [0.15, 0.2) is 36.5 Å². The van der Waals surface area contributed by atoms with Gasteiger partial charge in [-0.15, -0.1) is 9.42 Å². The predicted molar refractivity (Wildman–Crippen MR) is 114 cm³/mol. The Kier molecular flexibility index (Phi) is 11.1. The Hall–Kier alpha value is -1.63. The number of nitrogens with one attached hydrogen (secondary N) is 2. The lowest BCUT2D eigenvalue weighted by atomic mass is 10.1. The van der Waals surface area contributed by atoms with E-state index < -0.39 is 8.25 Å². The highest BCUT2D eigenvalue weighted by molar-refractivity contribution is 7.32. The van der Waals surface area contributed by atoms with Crippen LogP contribution in [0.25, 0.3) is 0 Å². The second-order valence-electron chi connectivity index (χ2n) is 6.62. The van der Waals surface area contributed by atoms with Crippen LogP contribution in [0.3, 0.4) is 0 Å². The Morgan fingerprint density at radius 1 is 1.14 bits per heavy atom. The molecule has 2 rings (SSSR count). The maximum Gasteiger partial charge on any atom is 0.694 e. The van der Waals surface area contributed by atoms with E-state index in [0.717, 1.165) is 49.2 Å². The molecule has 0 radical (unpaired) electrons. The molecule has 0 aliphatic carbocycles. The first-order chi connectivity index (χ1) is 14.0. The fourth-order valence-electron chi connectivity index (χ4n) is 2.76.